The van der Waals surface area contributed by atoms with Gasteiger partial charge in [-0.15, -0.1) is 0 Å². The standard InChI is InChI=1S/C21H24F3N3O2/c1-20(2,3)17-7-8-18(28)27(25-17)16-9-11-26(12-10-16)19(29)14-5-4-6-15(13-14)21(22,23)24/h4-8,13,16H,9-12H2,1-3H3. The molecule has 29 heavy (non-hydrogen) atoms. The molecular formula is C21H24F3N3O2. The molecule has 0 N–H and O–H groups in total. The Morgan fingerprint density at radius 2 is 1.72 bits per heavy atom. The maximum atomic E-state index is 12.9. The van der Waals surface area contributed by atoms with Crippen molar-refractivity contribution in [3.8, 4) is 0 Å². The number of halogens is 3. The van der Waals surface area contributed by atoms with E-state index in [4.69, 9.17) is 0 Å². The molecule has 0 radical (unpaired) electrons. The van der Waals surface area contributed by atoms with Crippen molar-refractivity contribution in [3.63, 3.8) is 0 Å². The average molecular weight is 407 g/mol. The number of nitrogens with zero attached hydrogens (tertiary/aromatic N) is 3. The Kier molecular flexibility index (Phi) is 5.56. The first-order valence-corrected chi connectivity index (χ1v) is 9.54. The molecule has 156 valence electrons. The molecule has 3 rings (SSSR count). The van der Waals surface area contributed by atoms with Crippen LogP contribution in [0.3, 0.4) is 0 Å². The number of carbonyl (C=O) groups excluding carboxylic acids is 1. The van der Waals surface area contributed by atoms with Gasteiger partial charge in [-0.3, -0.25) is 9.59 Å². The van der Waals surface area contributed by atoms with Crippen LogP contribution in [0.15, 0.2) is 41.2 Å². The van der Waals surface area contributed by atoms with Crippen LogP contribution < -0.4 is 5.56 Å². The molecule has 0 spiro atoms. The molecule has 1 aromatic carbocycles. The second kappa shape index (κ2) is 7.65. The molecule has 1 aromatic heterocycles. The monoisotopic (exact) mass is 407 g/mol. The van der Waals surface area contributed by atoms with Crippen LogP contribution in [-0.4, -0.2) is 33.7 Å². The summed E-state index contributed by atoms with van der Waals surface area (Å²) in [6, 6.07) is 7.55. The van der Waals surface area contributed by atoms with Crippen molar-refractivity contribution in [1.29, 1.82) is 0 Å². The molecule has 0 unspecified atom stereocenters. The summed E-state index contributed by atoms with van der Waals surface area (Å²) in [5.41, 5.74) is -0.410. The van der Waals surface area contributed by atoms with Crippen LogP contribution in [0.5, 0.6) is 0 Å². The highest BCUT2D eigenvalue weighted by molar-refractivity contribution is 5.94. The van der Waals surface area contributed by atoms with E-state index in [1.165, 1.54) is 27.8 Å². The van der Waals surface area contributed by atoms with Gasteiger partial charge in [-0.2, -0.15) is 18.3 Å². The first kappa shape index (κ1) is 21.1. The van der Waals surface area contributed by atoms with Gasteiger partial charge in [0.05, 0.1) is 17.3 Å². The molecule has 2 heterocycles. The summed E-state index contributed by atoms with van der Waals surface area (Å²) < 4.78 is 40.2. The Hall–Kier alpha value is -2.64. The third kappa shape index (κ3) is 4.68. The minimum absolute atomic E-state index is 0.0169. The summed E-state index contributed by atoms with van der Waals surface area (Å²) in [4.78, 5) is 26.5. The highest BCUT2D eigenvalue weighted by atomic mass is 19.4. The van der Waals surface area contributed by atoms with E-state index < -0.39 is 17.6 Å². The highest BCUT2D eigenvalue weighted by Crippen LogP contribution is 2.30. The zero-order valence-corrected chi connectivity index (χ0v) is 16.7. The Morgan fingerprint density at radius 3 is 2.31 bits per heavy atom. The molecule has 1 amide bonds. The normalized spacial score (nSPS) is 16.1. The van der Waals surface area contributed by atoms with Crippen molar-refractivity contribution < 1.29 is 18.0 Å². The van der Waals surface area contributed by atoms with E-state index in [0.717, 1.165) is 17.8 Å². The van der Waals surface area contributed by atoms with E-state index in [9.17, 15) is 22.8 Å². The predicted octanol–water partition coefficient (Wildman–Crippen LogP) is 4.04. The number of carbonyl (C=O) groups is 1. The summed E-state index contributed by atoms with van der Waals surface area (Å²) in [6.07, 6.45) is -3.45. The summed E-state index contributed by atoms with van der Waals surface area (Å²) in [6.45, 7) is 6.75. The minimum atomic E-state index is -4.49. The lowest BCUT2D eigenvalue weighted by Gasteiger charge is -2.33. The van der Waals surface area contributed by atoms with Gasteiger partial charge in [0.2, 0.25) is 0 Å². The fourth-order valence-electron chi connectivity index (χ4n) is 3.41. The number of amides is 1. The number of benzene rings is 1. The molecular weight excluding hydrogens is 383 g/mol. The van der Waals surface area contributed by atoms with E-state index in [-0.39, 0.29) is 22.6 Å². The van der Waals surface area contributed by atoms with Crippen molar-refractivity contribution in [2.75, 3.05) is 13.1 Å². The predicted molar refractivity (Wildman–Crippen MR) is 103 cm³/mol. The zero-order chi connectivity index (χ0) is 21.4. The highest BCUT2D eigenvalue weighted by Gasteiger charge is 2.32. The fourth-order valence-corrected chi connectivity index (χ4v) is 3.41. The van der Waals surface area contributed by atoms with Crippen molar-refractivity contribution in [2.24, 2.45) is 0 Å². The molecule has 0 saturated carbocycles. The molecule has 0 atom stereocenters. The first-order chi connectivity index (χ1) is 13.5. The molecule has 5 nitrogen and oxygen atoms in total. The second-order valence-corrected chi connectivity index (χ2v) is 8.35. The lowest BCUT2D eigenvalue weighted by atomic mass is 9.92. The SMILES string of the molecule is CC(C)(C)c1ccc(=O)n(C2CCN(C(=O)c3cccc(C(F)(F)F)c3)CC2)n1. The maximum Gasteiger partial charge on any atom is 0.416 e. The van der Waals surface area contributed by atoms with Gasteiger partial charge < -0.3 is 4.90 Å². The number of aromatic nitrogens is 2. The van der Waals surface area contributed by atoms with Crippen LogP contribution in [0.1, 0.15) is 61.3 Å². The van der Waals surface area contributed by atoms with E-state index in [1.807, 2.05) is 20.8 Å². The van der Waals surface area contributed by atoms with Crippen molar-refractivity contribution in [2.45, 2.75) is 51.2 Å². The summed E-state index contributed by atoms with van der Waals surface area (Å²) in [5.74, 6) is -0.432. The lowest BCUT2D eigenvalue weighted by molar-refractivity contribution is -0.137. The van der Waals surface area contributed by atoms with Crippen molar-refractivity contribution in [3.05, 3.63) is 63.6 Å². The zero-order valence-electron chi connectivity index (χ0n) is 16.7. The van der Waals surface area contributed by atoms with E-state index >= 15 is 0 Å². The van der Waals surface area contributed by atoms with Gasteiger partial charge >= 0.3 is 6.18 Å². The second-order valence-electron chi connectivity index (χ2n) is 8.35. The number of piperidine rings is 1. The Morgan fingerprint density at radius 1 is 1.07 bits per heavy atom. The van der Waals surface area contributed by atoms with Crippen LogP contribution in [0.4, 0.5) is 13.2 Å². The largest absolute Gasteiger partial charge is 0.416 e. The average Bonchev–Trinajstić information content (AvgIpc) is 2.66. The number of hydrogen-bond acceptors (Lipinski definition) is 3. The molecule has 1 aliphatic heterocycles. The van der Waals surface area contributed by atoms with Crippen LogP contribution in [0.2, 0.25) is 0 Å². The van der Waals surface area contributed by atoms with E-state index in [0.29, 0.717) is 25.9 Å². The van der Waals surface area contributed by atoms with Crippen molar-refractivity contribution in [1.82, 2.24) is 14.7 Å². The van der Waals surface area contributed by atoms with E-state index in [1.54, 1.807) is 6.07 Å². The topological polar surface area (TPSA) is 55.2 Å². The third-order valence-corrected chi connectivity index (χ3v) is 5.13. The number of rotatable bonds is 2. The Bertz CT molecular complexity index is 953. The van der Waals surface area contributed by atoms with Gasteiger partial charge in [0, 0.05) is 30.1 Å². The van der Waals surface area contributed by atoms with Gasteiger partial charge in [-0.25, -0.2) is 4.68 Å². The molecule has 2 aromatic rings. The van der Waals surface area contributed by atoms with Crippen LogP contribution >= 0.6 is 0 Å². The molecule has 0 bridgehead atoms. The quantitative estimate of drug-likeness (QED) is 0.755. The summed E-state index contributed by atoms with van der Waals surface area (Å²) >= 11 is 0. The van der Waals surface area contributed by atoms with Crippen LogP contribution in [0.25, 0.3) is 0 Å². The molecule has 8 heteroatoms. The van der Waals surface area contributed by atoms with Gasteiger partial charge in [0.25, 0.3) is 11.5 Å². The van der Waals surface area contributed by atoms with Crippen LogP contribution in [-0.2, 0) is 11.6 Å². The van der Waals surface area contributed by atoms with Gasteiger partial charge in [-0.1, -0.05) is 26.8 Å². The molecule has 1 aliphatic rings. The smallest absolute Gasteiger partial charge is 0.338 e. The fraction of sp³-hybridized carbons (Fsp3) is 0.476. The minimum Gasteiger partial charge on any atom is -0.338 e. The van der Waals surface area contributed by atoms with Crippen molar-refractivity contribution >= 4 is 5.91 Å². The molecule has 1 fully saturated rings. The van der Waals surface area contributed by atoms with E-state index in [2.05, 4.69) is 5.10 Å². The summed E-state index contributed by atoms with van der Waals surface area (Å²) in [7, 11) is 0. The molecule has 0 aliphatic carbocycles. The Labute approximate surface area is 167 Å². The number of likely N-dealkylation sites (tertiary alicyclic amines) is 1. The number of hydrogen-bond donors (Lipinski definition) is 0. The van der Waals surface area contributed by atoms with Gasteiger partial charge in [-0.05, 0) is 37.1 Å². The Balaban J connectivity index is 1.73. The first-order valence-electron chi connectivity index (χ1n) is 9.54. The van der Waals surface area contributed by atoms with Gasteiger partial charge in [0.15, 0.2) is 0 Å². The summed E-state index contributed by atoms with van der Waals surface area (Å²) in [5, 5.41) is 4.51. The lowest BCUT2D eigenvalue weighted by Crippen LogP contribution is -2.41. The van der Waals surface area contributed by atoms with Gasteiger partial charge in [0.1, 0.15) is 0 Å². The number of alkyl halides is 3. The maximum absolute atomic E-state index is 12.9. The van der Waals surface area contributed by atoms with Crippen LogP contribution in [0, 0.1) is 0 Å². The molecule has 1 saturated heterocycles. The third-order valence-electron chi connectivity index (χ3n) is 5.13.